The maximum atomic E-state index is 13.3. The van der Waals surface area contributed by atoms with E-state index in [9.17, 15) is 9.18 Å². The van der Waals surface area contributed by atoms with Gasteiger partial charge in [0.25, 0.3) is 5.91 Å². The Balaban J connectivity index is 2.22. The molecule has 2 N–H and O–H groups in total. The Kier molecular flexibility index (Phi) is 4.96. The van der Waals surface area contributed by atoms with Gasteiger partial charge >= 0.3 is 0 Å². The average molecular weight is 351 g/mol. The summed E-state index contributed by atoms with van der Waals surface area (Å²) in [7, 11) is 0. The molecule has 5 heteroatoms. The number of nitrogens with two attached hydrogens (primary N) is 1. The molecule has 0 aliphatic heterocycles. The van der Waals surface area contributed by atoms with Crippen molar-refractivity contribution in [1.29, 1.82) is 0 Å². The van der Waals surface area contributed by atoms with Gasteiger partial charge in [0.05, 0.1) is 5.56 Å². The zero-order valence-corrected chi connectivity index (χ0v) is 13.2. The Bertz CT molecular complexity index is 643. The van der Waals surface area contributed by atoms with Gasteiger partial charge in [0, 0.05) is 23.2 Å². The van der Waals surface area contributed by atoms with Crippen LogP contribution in [0.1, 0.15) is 22.8 Å². The molecule has 0 saturated carbocycles. The topological polar surface area (TPSA) is 46.3 Å². The first kappa shape index (κ1) is 15.5. The minimum atomic E-state index is -0.426. The number of halogens is 2. The van der Waals surface area contributed by atoms with Crippen molar-refractivity contribution in [3.63, 3.8) is 0 Å². The molecule has 0 atom stereocenters. The van der Waals surface area contributed by atoms with Gasteiger partial charge in [-0.15, -0.1) is 0 Å². The lowest BCUT2D eigenvalue weighted by Gasteiger charge is -2.22. The molecule has 2 aromatic carbocycles. The lowest BCUT2D eigenvalue weighted by atomic mass is 10.1. The molecule has 0 bridgehead atoms. The Morgan fingerprint density at radius 1 is 1.24 bits per heavy atom. The fourth-order valence-electron chi connectivity index (χ4n) is 2.00. The summed E-state index contributed by atoms with van der Waals surface area (Å²) < 4.78 is 13.9. The van der Waals surface area contributed by atoms with E-state index in [0.717, 1.165) is 5.56 Å². The van der Waals surface area contributed by atoms with Crippen molar-refractivity contribution in [1.82, 2.24) is 4.90 Å². The van der Waals surface area contributed by atoms with Crippen molar-refractivity contribution in [2.24, 2.45) is 0 Å². The van der Waals surface area contributed by atoms with E-state index in [1.165, 1.54) is 12.1 Å². The fourth-order valence-corrected chi connectivity index (χ4v) is 2.42. The normalized spacial score (nSPS) is 10.4. The number of nitrogen functional groups attached to an aromatic ring is 1. The smallest absolute Gasteiger partial charge is 0.255 e. The van der Waals surface area contributed by atoms with E-state index in [1.807, 2.05) is 19.1 Å². The molecule has 0 saturated heterocycles. The highest BCUT2D eigenvalue weighted by Crippen LogP contribution is 2.20. The van der Waals surface area contributed by atoms with Gasteiger partial charge in [0.15, 0.2) is 0 Å². The number of nitrogens with zero attached hydrogens (tertiary/aromatic N) is 1. The Labute approximate surface area is 131 Å². The lowest BCUT2D eigenvalue weighted by molar-refractivity contribution is 0.0751. The van der Waals surface area contributed by atoms with Crippen molar-refractivity contribution in [3.05, 3.63) is 63.9 Å². The van der Waals surface area contributed by atoms with E-state index >= 15 is 0 Å². The van der Waals surface area contributed by atoms with Gasteiger partial charge in [-0.3, -0.25) is 4.79 Å². The van der Waals surface area contributed by atoms with E-state index in [-0.39, 0.29) is 5.91 Å². The van der Waals surface area contributed by atoms with Crippen LogP contribution in [0, 0.1) is 5.82 Å². The van der Waals surface area contributed by atoms with Crippen LogP contribution in [0.3, 0.4) is 0 Å². The number of amides is 1. The molecule has 3 nitrogen and oxygen atoms in total. The third kappa shape index (κ3) is 3.82. The van der Waals surface area contributed by atoms with Gasteiger partial charge in [-0.25, -0.2) is 4.39 Å². The molecule has 1 amide bonds. The van der Waals surface area contributed by atoms with E-state index < -0.39 is 5.82 Å². The van der Waals surface area contributed by atoms with Crippen LogP contribution < -0.4 is 5.73 Å². The highest BCUT2D eigenvalue weighted by Gasteiger charge is 2.18. The van der Waals surface area contributed by atoms with Crippen LogP contribution in [-0.4, -0.2) is 17.4 Å². The minimum Gasteiger partial charge on any atom is -0.399 e. The number of anilines is 1. The predicted octanol–water partition coefficient (Wildman–Crippen LogP) is 3.83. The van der Waals surface area contributed by atoms with Crippen LogP contribution in [0.25, 0.3) is 0 Å². The maximum absolute atomic E-state index is 13.3. The number of benzene rings is 2. The van der Waals surface area contributed by atoms with Crippen molar-refractivity contribution in [2.45, 2.75) is 13.5 Å². The summed E-state index contributed by atoms with van der Waals surface area (Å²) in [6, 6.07) is 11.5. The highest BCUT2D eigenvalue weighted by molar-refractivity contribution is 9.10. The van der Waals surface area contributed by atoms with Crippen LogP contribution in [0.2, 0.25) is 0 Å². The van der Waals surface area contributed by atoms with Gasteiger partial charge in [-0.2, -0.15) is 0 Å². The van der Waals surface area contributed by atoms with Crippen LogP contribution in [0.5, 0.6) is 0 Å². The number of carbonyl (C=O) groups is 1. The highest BCUT2D eigenvalue weighted by atomic mass is 79.9. The van der Waals surface area contributed by atoms with Crippen LogP contribution in [0.4, 0.5) is 10.1 Å². The first-order valence-corrected chi connectivity index (χ1v) is 7.39. The Morgan fingerprint density at radius 3 is 2.52 bits per heavy atom. The summed E-state index contributed by atoms with van der Waals surface area (Å²) >= 11 is 3.29. The summed E-state index contributed by atoms with van der Waals surface area (Å²) in [5, 5.41) is 0. The summed E-state index contributed by atoms with van der Waals surface area (Å²) in [6.07, 6.45) is 0. The molecule has 0 aliphatic rings. The second-order valence-electron chi connectivity index (χ2n) is 4.69. The molecule has 0 spiro atoms. The quantitative estimate of drug-likeness (QED) is 0.851. The summed E-state index contributed by atoms with van der Waals surface area (Å²) in [5.41, 5.74) is 7.64. The van der Waals surface area contributed by atoms with E-state index in [4.69, 9.17) is 5.73 Å². The molecule has 0 fully saturated rings. The Morgan fingerprint density at radius 2 is 1.90 bits per heavy atom. The molecular formula is C16H16BrFN2O. The third-order valence-corrected chi connectivity index (χ3v) is 3.87. The molecule has 0 aliphatic carbocycles. The number of hydrogen-bond donors (Lipinski definition) is 1. The van der Waals surface area contributed by atoms with Gasteiger partial charge in [0.2, 0.25) is 0 Å². The summed E-state index contributed by atoms with van der Waals surface area (Å²) in [4.78, 5) is 14.2. The monoisotopic (exact) mass is 350 g/mol. The third-order valence-electron chi connectivity index (χ3n) is 3.18. The summed E-state index contributed by atoms with van der Waals surface area (Å²) in [5.74, 6) is -0.634. The molecule has 21 heavy (non-hydrogen) atoms. The predicted molar refractivity (Wildman–Crippen MR) is 85.4 cm³/mol. The zero-order valence-electron chi connectivity index (χ0n) is 11.6. The van der Waals surface area contributed by atoms with E-state index in [0.29, 0.717) is 28.8 Å². The lowest BCUT2D eigenvalue weighted by Crippen LogP contribution is -2.30. The van der Waals surface area contributed by atoms with Gasteiger partial charge < -0.3 is 10.6 Å². The molecule has 0 radical (unpaired) electrons. The van der Waals surface area contributed by atoms with Crippen molar-refractivity contribution < 1.29 is 9.18 Å². The number of hydrogen-bond acceptors (Lipinski definition) is 2. The first-order chi connectivity index (χ1) is 10.0. The maximum Gasteiger partial charge on any atom is 0.255 e. The van der Waals surface area contributed by atoms with Crippen LogP contribution in [-0.2, 0) is 6.54 Å². The average Bonchev–Trinajstić information content (AvgIpc) is 2.48. The first-order valence-electron chi connectivity index (χ1n) is 6.60. The van der Waals surface area contributed by atoms with Crippen LogP contribution >= 0.6 is 15.9 Å². The molecule has 2 rings (SSSR count). The second kappa shape index (κ2) is 6.72. The van der Waals surface area contributed by atoms with Crippen molar-refractivity contribution >= 4 is 27.5 Å². The molecule has 0 aromatic heterocycles. The van der Waals surface area contributed by atoms with E-state index in [2.05, 4.69) is 15.9 Å². The minimum absolute atomic E-state index is 0.208. The molecular weight excluding hydrogens is 335 g/mol. The largest absolute Gasteiger partial charge is 0.399 e. The molecule has 0 unspecified atom stereocenters. The molecule has 110 valence electrons. The zero-order chi connectivity index (χ0) is 15.4. The standard InChI is InChI=1S/C16H16BrFN2O/c1-2-20(10-11-3-6-13(19)7-4-11)16(21)14-9-12(18)5-8-15(14)17/h3-9H,2,10,19H2,1H3. The van der Waals surface area contributed by atoms with Gasteiger partial charge in [-0.05, 0) is 58.7 Å². The van der Waals surface area contributed by atoms with Crippen LogP contribution in [0.15, 0.2) is 46.9 Å². The Hall–Kier alpha value is -1.88. The van der Waals surface area contributed by atoms with Gasteiger partial charge in [0.1, 0.15) is 5.82 Å². The van der Waals surface area contributed by atoms with E-state index in [1.54, 1.807) is 23.1 Å². The van der Waals surface area contributed by atoms with Crippen molar-refractivity contribution in [3.8, 4) is 0 Å². The SMILES string of the molecule is CCN(Cc1ccc(N)cc1)C(=O)c1cc(F)ccc1Br. The molecule has 2 aromatic rings. The van der Waals surface area contributed by atoms with Gasteiger partial charge in [-0.1, -0.05) is 12.1 Å². The molecule has 0 heterocycles. The number of rotatable bonds is 4. The van der Waals surface area contributed by atoms with Crippen molar-refractivity contribution in [2.75, 3.05) is 12.3 Å². The number of carbonyl (C=O) groups excluding carboxylic acids is 1. The second-order valence-corrected chi connectivity index (χ2v) is 5.54. The fraction of sp³-hybridized carbons (Fsp3) is 0.188. The summed E-state index contributed by atoms with van der Waals surface area (Å²) in [6.45, 7) is 2.88.